The van der Waals surface area contributed by atoms with Crippen molar-refractivity contribution in [1.29, 1.82) is 0 Å². The van der Waals surface area contributed by atoms with Crippen molar-refractivity contribution in [2.45, 2.75) is 31.8 Å². The van der Waals surface area contributed by atoms with Gasteiger partial charge in [-0.2, -0.15) is 0 Å². The molecule has 1 aliphatic rings. The lowest BCUT2D eigenvalue weighted by Crippen LogP contribution is -2.52. The molecule has 1 unspecified atom stereocenters. The highest BCUT2D eigenvalue weighted by molar-refractivity contribution is 5.93. The van der Waals surface area contributed by atoms with Crippen molar-refractivity contribution in [3.05, 3.63) is 30.3 Å². The molecule has 1 aromatic carbocycles. The largest absolute Gasteiger partial charge is 0.350 e. The fourth-order valence-corrected chi connectivity index (χ4v) is 2.25. The molecule has 0 aromatic heterocycles. The van der Waals surface area contributed by atoms with Gasteiger partial charge in [0.05, 0.1) is 0 Å². The number of hydrogen-bond donors (Lipinski definition) is 4. The molecule has 0 spiro atoms. The SMILES string of the molecule is CC(NC(=O)Nc1ccccc1)C(=O)N[C@H]1CCCNC1.Cl. The fourth-order valence-electron chi connectivity index (χ4n) is 2.25. The maximum absolute atomic E-state index is 12.0. The zero-order chi connectivity index (χ0) is 15.1. The summed E-state index contributed by atoms with van der Waals surface area (Å²) >= 11 is 0. The summed E-state index contributed by atoms with van der Waals surface area (Å²) in [6.07, 6.45) is 2.03. The molecule has 7 heteroatoms. The van der Waals surface area contributed by atoms with E-state index in [4.69, 9.17) is 0 Å². The number of rotatable bonds is 4. The molecule has 6 nitrogen and oxygen atoms in total. The third kappa shape index (κ3) is 5.91. The van der Waals surface area contributed by atoms with Crippen molar-refractivity contribution in [2.75, 3.05) is 18.4 Å². The van der Waals surface area contributed by atoms with E-state index in [-0.39, 0.29) is 30.4 Å². The average molecular weight is 327 g/mol. The molecule has 4 N–H and O–H groups in total. The van der Waals surface area contributed by atoms with Crippen molar-refractivity contribution < 1.29 is 9.59 Å². The lowest BCUT2D eigenvalue weighted by atomic mass is 10.1. The molecule has 1 saturated heterocycles. The van der Waals surface area contributed by atoms with Crippen LogP contribution in [0, 0.1) is 0 Å². The third-order valence-corrected chi connectivity index (χ3v) is 3.42. The van der Waals surface area contributed by atoms with E-state index >= 15 is 0 Å². The Kier molecular flexibility index (Phi) is 7.70. The van der Waals surface area contributed by atoms with Crippen molar-refractivity contribution in [2.24, 2.45) is 0 Å². The topological polar surface area (TPSA) is 82.3 Å². The first kappa shape index (κ1) is 18.3. The van der Waals surface area contributed by atoms with Crippen LogP contribution in [0.25, 0.3) is 0 Å². The van der Waals surface area contributed by atoms with Gasteiger partial charge in [0.1, 0.15) is 6.04 Å². The number of halogens is 1. The Morgan fingerprint density at radius 1 is 1.27 bits per heavy atom. The maximum atomic E-state index is 12.0. The Bertz CT molecular complexity index is 478. The third-order valence-electron chi connectivity index (χ3n) is 3.42. The molecule has 22 heavy (non-hydrogen) atoms. The highest BCUT2D eigenvalue weighted by atomic mass is 35.5. The van der Waals surface area contributed by atoms with E-state index in [0.717, 1.165) is 25.9 Å². The average Bonchev–Trinajstić information content (AvgIpc) is 2.49. The Labute approximate surface area is 136 Å². The van der Waals surface area contributed by atoms with Crippen molar-refractivity contribution in [3.63, 3.8) is 0 Å². The molecule has 3 amide bonds. The number of carbonyl (C=O) groups is 2. The number of urea groups is 1. The first-order chi connectivity index (χ1) is 10.1. The number of para-hydroxylation sites is 1. The summed E-state index contributed by atoms with van der Waals surface area (Å²) in [4.78, 5) is 23.8. The minimum absolute atomic E-state index is 0. The van der Waals surface area contributed by atoms with Crippen LogP contribution in [0.1, 0.15) is 19.8 Å². The number of anilines is 1. The van der Waals surface area contributed by atoms with Crippen LogP contribution in [0.3, 0.4) is 0 Å². The van der Waals surface area contributed by atoms with Crippen LogP contribution in [0.4, 0.5) is 10.5 Å². The Morgan fingerprint density at radius 3 is 2.64 bits per heavy atom. The van der Waals surface area contributed by atoms with Crippen LogP contribution in [0.2, 0.25) is 0 Å². The zero-order valence-electron chi connectivity index (χ0n) is 12.6. The summed E-state index contributed by atoms with van der Waals surface area (Å²) in [5, 5.41) is 11.5. The van der Waals surface area contributed by atoms with Gasteiger partial charge in [-0.15, -0.1) is 12.4 Å². The Hall–Kier alpha value is -1.79. The van der Waals surface area contributed by atoms with Gasteiger partial charge in [-0.25, -0.2) is 4.79 Å². The molecule has 0 aliphatic carbocycles. The van der Waals surface area contributed by atoms with Gasteiger partial charge in [0.2, 0.25) is 5.91 Å². The van der Waals surface area contributed by atoms with Crippen LogP contribution < -0.4 is 21.3 Å². The van der Waals surface area contributed by atoms with Crippen molar-refractivity contribution in [1.82, 2.24) is 16.0 Å². The molecular weight excluding hydrogens is 304 g/mol. The summed E-state index contributed by atoms with van der Waals surface area (Å²) in [5.74, 6) is -0.160. The van der Waals surface area contributed by atoms with Crippen LogP contribution in [0.5, 0.6) is 0 Å². The summed E-state index contributed by atoms with van der Waals surface area (Å²) in [6.45, 7) is 3.46. The molecule has 0 saturated carbocycles. The van der Waals surface area contributed by atoms with E-state index in [0.29, 0.717) is 5.69 Å². The van der Waals surface area contributed by atoms with E-state index in [1.54, 1.807) is 19.1 Å². The lowest BCUT2D eigenvalue weighted by molar-refractivity contribution is -0.123. The number of carbonyl (C=O) groups excluding carboxylic acids is 2. The van der Waals surface area contributed by atoms with Gasteiger partial charge in [-0.05, 0) is 38.4 Å². The first-order valence-corrected chi connectivity index (χ1v) is 7.29. The summed E-state index contributed by atoms with van der Waals surface area (Å²) in [7, 11) is 0. The van der Waals surface area contributed by atoms with E-state index in [2.05, 4.69) is 21.3 Å². The van der Waals surface area contributed by atoms with Gasteiger partial charge >= 0.3 is 6.03 Å². The van der Waals surface area contributed by atoms with Gasteiger partial charge in [-0.1, -0.05) is 18.2 Å². The first-order valence-electron chi connectivity index (χ1n) is 7.29. The molecular formula is C15H23ClN4O2. The van der Waals surface area contributed by atoms with Crippen molar-refractivity contribution >= 4 is 30.0 Å². The molecule has 122 valence electrons. The van der Waals surface area contributed by atoms with Gasteiger partial charge in [0.25, 0.3) is 0 Å². The van der Waals surface area contributed by atoms with Gasteiger partial charge in [0.15, 0.2) is 0 Å². The van der Waals surface area contributed by atoms with Crippen LogP contribution >= 0.6 is 12.4 Å². The van der Waals surface area contributed by atoms with Crippen LogP contribution in [0.15, 0.2) is 30.3 Å². The second kappa shape index (κ2) is 9.27. The normalized spacial score (nSPS) is 18.5. The standard InChI is InChI=1S/C15H22N4O2.ClH/c1-11(14(20)18-13-8-5-9-16-10-13)17-15(21)19-12-6-3-2-4-7-12;/h2-4,6-7,11,13,16H,5,8-10H2,1H3,(H,18,20)(H2,17,19,21);1H/t11?,13-;/m0./s1. The van der Waals surface area contributed by atoms with Gasteiger partial charge in [-0.3, -0.25) is 4.79 Å². The molecule has 1 aromatic rings. The highest BCUT2D eigenvalue weighted by Gasteiger charge is 2.20. The van der Waals surface area contributed by atoms with Gasteiger partial charge < -0.3 is 21.3 Å². The highest BCUT2D eigenvalue weighted by Crippen LogP contribution is 2.05. The zero-order valence-corrected chi connectivity index (χ0v) is 13.4. The minimum Gasteiger partial charge on any atom is -0.350 e. The molecule has 2 rings (SSSR count). The monoisotopic (exact) mass is 326 g/mol. The summed E-state index contributed by atoms with van der Waals surface area (Å²) < 4.78 is 0. The minimum atomic E-state index is -0.573. The van der Waals surface area contributed by atoms with Crippen molar-refractivity contribution in [3.8, 4) is 0 Å². The smallest absolute Gasteiger partial charge is 0.319 e. The predicted octanol–water partition coefficient (Wildman–Crippen LogP) is 1.49. The number of nitrogens with one attached hydrogen (secondary N) is 4. The summed E-state index contributed by atoms with van der Waals surface area (Å²) in [5.41, 5.74) is 0.694. The van der Waals surface area contributed by atoms with Gasteiger partial charge in [0, 0.05) is 18.3 Å². The van der Waals surface area contributed by atoms with Crippen LogP contribution in [-0.4, -0.2) is 37.1 Å². The molecule has 1 heterocycles. The lowest BCUT2D eigenvalue weighted by Gasteiger charge is -2.25. The molecule has 0 bridgehead atoms. The molecule has 2 atom stereocenters. The van der Waals surface area contributed by atoms with E-state index in [1.165, 1.54) is 0 Å². The fraction of sp³-hybridized carbons (Fsp3) is 0.467. The maximum Gasteiger partial charge on any atom is 0.319 e. The molecule has 1 fully saturated rings. The second-order valence-electron chi connectivity index (χ2n) is 5.24. The number of benzene rings is 1. The molecule has 1 aliphatic heterocycles. The summed E-state index contributed by atoms with van der Waals surface area (Å²) in [6, 6.07) is 8.31. The Morgan fingerprint density at radius 2 is 2.00 bits per heavy atom. The predicted molar refractivity (Wildman–Crippen MR) is 89.3 cm³/mol. The number of piperidine rings is 1. The molecule has 0 radical (unpaired) electrons. The van der Waals surface area contributed by atoms with E-state index in [9.17, 15) is 9.59 Å². The van der Waals surface area contributed by atoms with E-state index in [1.807, 2.05) is 18.2 Å². The Balaban J connectivity index is 0.00000242. The van der Waals surface area contributed by atoms with Crippen LogP contribution in [-0.2, 0) is 4.79 Å². The quantitative estimate of drug-likeness (QED) is 0.676. The number of hydrogen-bond acceptors (Lipinski definition) is 3. The number of amides is 3. The second-order valence-corrected chi connectivity index (χ2v) is 5.24. The van der Waals surface area contributed by atoms with E-state index < -0.39 is 6.04 Å².